The number of fused-ring (bicyclic) bond motifs is 1. The number of benzene rings is 2. The van der Waals surface area contributed by atoms with Gasteiger partial charge < -0.3 is 14.5 Å². The zero-order chi connectivity index (χ0) is 19.7. The van der Waals surface area contributed by atoms with Crippen LogP contribution in [0, 0.1) is 12.7 Å². The average Bonchev–Trinajstić information content (AvgIpc) is 3.01. The number of hydrogen-bond donors (Lipinski definition) is 2. The summed E-state index contributed by atoms with van der Waals surface area (Å²) in [5, 5.41) is 2.82. The molecule has 0 aliphatic rings. The maximum Gasteiger partial charge on any atom is 0.439 e. The summed E-state index contributed by atoms with van der Waals surface area (Å²) in [5.74, 6) is -0.0366. The third-order valence-electron chi connectivity index (χ3n) is 4.10. The van der Waals surface area contributed by atoms with Crippen LogP contribution in [0.15, 0.2) is 57.9 Å². The van der Waals surface area contributed by atoms with Crippen molar-refractivity contribution in [2.45, 2.75) is 6.92 Å². The Morgan fingerprint density at radius 2 is 2.04 bits per heavy atom. The molecule has 2 N–H and O–H groups in total. The van der Waals surface area contributed by atoms with Crippen LogP contribution >= 0.6 is 0 Å². The Kier molecular flexibility index (Phi) is 4.40. The largest absolute Gasteiger partial charge is 0.497 e. The number of para-hydroxylation sites is 2. The first-order valence-electron chi connectivity index (χ1n) is 8.37. The van der Waals surface area contributed by atoms with Gasteiger partial charge in [0.15, 0.2) is 11.4 Å². The third kappa shape index (κ3) is 3.25. The predicted molar refractivity (Wildman–Crippen MR) is 102 cm³/mol. The van der Waals surface area contributed by atoms with Crippen molar-refractivity contribution < 1.29 is 13.5 Å². The first kappa shape index (κ1) is 17.5. The molecule has 2 aromatic heterocycles. The number of nitrogens with one attached hydrogen (secondary N) is 2. The Hall–Kier alpha value is -3.88. The van der Waals surface area contributed by atoms with Crippen molar-refractivity contribution >= 4 is 28.6 Å². The molecule has 2 heterocycles. The summed E-state index contributed by atoms with van der Waals surface area (Å²) in [7, 11) is 1.49. The molecule has 0 saturated carbocycles. The first-order chi connectivity index (χ1) is 13.5. The topological polar surface area (TPSA) is 94.2 Å². The lowest BCUT2D eigenvalue weighted by atomic mass is 10.3. The molecule has 0 atom stereocenters. The number of aryl methyl sites for hydroxylation is 1. The SMILES string of the molecule is COc1ccc(F)c(Nc2ncc(C)c(Nn3c(=O)oc4ccccc43)n2)c1. The van der Waals surface area contributed by atoms with Gasteiger partial charge in [0.05, 0.1) is 12.8 Å². The van der Waals surface area contributed by atoms with Gasteiger partial charge in [-0.1, -0.05) is 12.1 Å². The number of methoxy groups -OCH3 is 1. The van der Waals surface area contributed by atoms with E-state index in [2.05, 4.69) is 20.7 Å². The van der Waals surface area contributed by atoms with E-state index in [1.807, 2.05) is 0 Å². The normalized spacial score (nSPS) is 10.8. The molecule has 142 valence electrons. The Morgan fingerprint density at radius 1 is 1.21 bits per heavy atom. The van der Waals surface area contributed by atoms with Crippen LogP contribution in [0.25, 0.3) is 11.1 Å². The van der Waals surface area contributed by atoms with Crippen molar-refractivity contribution in [3.8, 4) is 5.75 Å². The molecule has 0 saturated heterocycles. The van der Waals surface area contributed by atoms with Gasteiger partial charge in [-0.25, -0.2) is 14.2 Å². The van der Waals surface area contributed by atoms with Gasteiger partial charge in [0.2, 0.25) is 5.95 Å². The molecule has 0 spiro atoms. The highest BCUT2D eigenvalue weighted by Crippen LogP contribution is 2.24. The van der Waals surface area contributed by atoms with Crippen LogP contribution in [-0.2, 0) is 0 Å². The predicted octanol–water partition coefficient (Wildman–Crippen LogP) is 3.46. The second-order valence-electron chi connectivity index (χ2n) is 5.98. The molecular formula is C19H16FN5O3. The number of ether oxygens (including phenoxy) is 1. The monoisotopic (exact) mass is 381 g/mol. The Labute approximate surface area is 158 Å². The molecule has 0 bridgehead atoms. The molecule has 4 aromatic rings. The van der Waals surface area contributed by atoms with E-state index in [0.717, 1.165) is 0 Å². The number of halogens is 1. The smallest absolute Gasteiger partial charge is 0.439 e. The maximum atomic E-state index is 14.1. The van der Waals surface area contributed by atoms with Crippen LogP contribution in [0.3, 0.4) is 0 Å². The van der Waals surface area contributed by atoms with E-state index < -0.39 is 11.6 Å². The van der Waals surface area contributed by atoms with Gasteiger partial charge in [0.1, 0.15) is 17.1 Å². The minimum Gasteiger partial charge on any atom is -0.497 e. The summed E-state index contributed by atoms with van der Waals surface area (Å²) in [6, 6.07) is 11.3. The molecule has 8 nitrogen and oxygen atoms in total. The van der Waals surface area contributed by atoms with E-state index >= 15 is 0 Å². The number of oxazole rings is 1. The van der Waals surface area contributed by atoms with E-state index in [-0.39, 0.29) is 11.6 Å². The van der Waals surface area contributed by atoms with E-state index in [1.165, 1.54) is 30.0 Å². The summed E-state index contributed by atoms with van der Waals surface area (Å²) in [4.78, 5) is 20.7. The van der Waals surface area contributed by atoms with Crippen LogP contribution in [0.5, 0.6) is 5.75 Å². The Balaban J connectivity index is 1.68. The minimum atomic E-state index is -0.576. The van der Waals surface area contributed by atoms with E-state index in [4.69, 9.17) is 9.15 Å². The number of anilines is 3. The maximum absolute atomic E-state index is 14.1. The molecule has 0 amide bonds. The fourth-order valence-electron chi connectivity index (χ4n) is 2.64. The standard InChI is InChI=1S/C19H16FN5O3/c1-11-10-21-18(22-14-9-12(27-2)7-8-13(14)20)23-17(11)24-25-15-5-3-4-6-16(15)28-19(25)26/h3-10H,1-2H3,(H2,21,22,23,24). The number of nitrogens with zero attached hydrogens (tertiary/aromatic N) is 3. The molecule has 9 heteroatoms. The molecule has 0 aliphatic heterocycles. The lowest BCUT2D eigenvalue weighted by Gasteiger charge is -2.12. The fourth-order valence-corrected chi connectivity index (χ4v) is 2.64. The number of hydrogen-bond acceptors (Lipinski definition) is 7. The van der Waals surface area contributed by atoms with Crippen LogP contribution in [0.4, 0.5) is 21.8 Å². The van der Waals surface area contributed by atoms with Gasteiger partial charge in [-0.15, -0.1) is 0 Å². The zero-order valence-electron chi connectivity index (χ0n) is 15.1. The molecule has 4 rings (SSSR count). The van der Waals surface area contributed by atoms with Gasteiger partial charge in [0.25, 0.3) is 0 Å². The Morgan fingerprint density at radius 3 is 2.86 bits per heavy atom. The van der Waals surface area contributed by atoms with Gasteiger partial charge in [-0.3, -0.25) is 5.43 Å². The van der Waals surface area contributed by atoms with E-state index in [9.17, 15) is 9.18 Å². The van der Waals surface area contributed by atoms with Crippen molar-refractivity contribution in [2.24, 2.45) is 0 Å². The number of rotatable bonds is 5. The summed E-state index contributed by atoms with van der Waals surface area (Å²) < 4.78 is 25.6. The molecule has 2 aromatic carbocycles. The Bertz CT molecular complexity index is 1220. The first-order valence-corrected chi connectivity index (χ1v) is 8.37. The summed E-state index contributed by atoms with van der Waals surface area (Å²) in [5.41, 5.74) is 4.80. The van der Waals surface area contributed by atoms with Crippen LogP contribution < -0.4 is 21.2 Å². The van der Waals surface area contributed by atoms with E-state index in [0.29, 0.717) is 28.2 Å². The second kappa shape index (κ2) is 7.03. The lowest BCUT2D eigenvalue weighted by molar-refractivity contribution is 0.414. The van der Waals surface area contributed by atoms with Gasteiger partial charge >= 0.3 is 5.76 Å². The molecule has 0 radical (unpaired) electrons. The molecular weight excluding hydrogens is 365 g/mol. The van der Waals surface area contributed by atoms with Crippen LogP contribution in [-0.4, -0.2) is 21.8 Å². The highest BCUT2D eigenvalue weighted by atomic mass is 19.1. The van der Waals surface area contributed by atoms with Crippen LogP contribution in [0.1, 0.15) is 5.56 Å². The third-order valence-corrected chi connectivity index (χ3v) is 4.10. The van der Waals surface area contributed by atoms with E-state index in [1.54, 1.807) is 37.4 Å². The second-order valence-corrected chi connectivity index (χ2v) is 5.98. The van der Waals surface area contributed by atoms with Gasteiger partial charge in [-0.2, -0.15) is 9.66 Å². The van der Waals surface area contributed by atoms with Crippen molar-refractivity contribution in [3.05, 3.63) is 70.6 Å². The molecule has 0 unspecified atom stereocenters. The lowest BCUT2D eigenvalue weighted by Crippen LogP contribution is -2.23. The quantitative estimate of drug-likeness (QED) is 0.547. The molecule has 0 fully saturated rings. The van der Waals surface area contributed by atoms with Crippen molar-refractivity contribution in [2.75, 3.05) is 17.9 Å². The average molecular weight is 381 g/mol. The summed E-state index contributed by atoms with van der Waals surface area (Å²) >= 11 is 0. The number of aromatic nitrogens is 3. The van der Waals surface area contributed by atoms with Gasteiger partial charge in [-0.05, 0) is 31.2 Å². The summed E-state index contributed by atoms with van der Waals surface area (Å²) in [6.45, 7) is 1.78. The highest BCUT2D eigenvalue weighted by Gasteiger charge is 2.12. The molecule has 0 aliphatic carbocycles. The molecule has 28 heavy (non-hydrogen) atoms. The van der Waals surface area contributed by atoms with Gasteiger partial charge in [0, 0.05) is 17.8 Å². The zero-order valence-corrected chi connectivity index (χ0v) is 15.1. The fraction of sp³-hybridized carbons (Fsp3) is 0.105. The minimum absolute atomic E-state index is 0.154. The van der Waals surface area contributed by atoms with Crippen LogP contribution in [0.2, 0.25) is 0 Å². The van der Waals surface area contributed by atoms with Crippen molar-refractivity contribution in [3.63, 3.8) is 0 Å². The van der Waals surface area contributed by atoms with Crippen molar-refractivity contribution in [1.29, 1.82) is 0 Å². The highest BCUT2D eigenvalue weighted by molar-refractivity contribution is 5.73. The van der Waals surface area contributed by atoms with Crippen molar-refractivity contribution in [1.82, 2.24) is 14.6 Å². The summed E-state index contributed by atoms with van der Waals surface area (Å²) in [6.07, 6.45) is 1.56.